The molecule has 2 aliphatic heterocycles. The average molecular weight is 412 g/mol. The molecular weight excluding hydrogens is 384 g/mol. The Labute approximate surface area is 168 Å². The van der Waals surface area contributed by atoms with E-state index in [1.807, 2.05) is 0 Å². The predicted molar refractivity (Wildman–Crippen MR) is 99.6 cm³/mol. The molecule has 2 aliphatic rings. The molecule has 4 amide bonds. The quantitative estimate of drug-likeness (QED) is 0.432. The SMILES string of the molecule is COCC(=O)N1CCN(C(=O)CCCC(=O)O)CC1C(=O)NC1CCCNC1=O. The fraction of sp³-hybridized carbons (Fsp3) is 0.722. The van der Waals surface area contributed by atoms with E-state index in [4.69, 9.17) is 9.84 Å². The van der Waals surface area contributed by atoms with Gasteiger partial charge in [0.2, 0.25) is 23.6 Å². The van der Waals surface area contributed by atoms with Gasteiger partial charge < -0.3 is 30.3 Å². The first-order valence-corrected chi connectivity index (χ1v) is 9.69. The van der Waals surface area contributed by atoms with Crippen molar-refractivity contribution in [3.05, 3.63) is 0 Å². The summed E-state index contributed by atoms with van der Waals surface area (Å²) in [6.45, 7) is 0.754. The van der Waals surface area contributed by atoms with E-state index in [0.29, 0.717) is 13.0 Å². The maximum absolute atomic E-state index is 12.9. The smallest absolute Gasteiger partial charge is 0.303 e. The second-order valence-corrected chi connectivity index (χ2v) is 7.12. The van der Waals surface area contributed by atoms with Crippen LogP contribution in [0.3, 0.4) is 0 Å². The maximum atomic E-state index is 12.9. The van der Waals surface area contributed by atoms with Crippen molar-refractivity contribution in [2.24, 2.45) is 0 Å². The van der Waals surface area contributed by atoms with Gasteiger partial charge in [-0.1, -0.05) is 0 Å². The van der Waals surface area contributed by atoms with Crippen molar-refractivity contribution in [3.8, 4) is 0 Å². The van der Waals surface area contributed by atoms with Gasteiger partial charge in [-0.15, -0.1) is 0 Å². The Morgan fingerprint density at radius 2 is 1.97 bits per heavy atom. The number of hydrogen-bond acceptors (Lipinski definition) is 6. The first-order valence-electron chi connectivity index (χ1n) is 9.69. The van der Waals surface area contributed by atoms with Gasteiger partial charge in [0, 0.05) is 39.6 Å². The van der Waals surface area contributed by atoms with Crippen molar-refractivity contribution in [1.82, 2.24) is 20.4 Å². The fourth-order valence-electron chi connectivity index (χ4n) is 3.47. The Morgan fingerprint density at radius 3 is 2.62 bits per heavy atom. The molecule has 2 fully saturated rings. The predicted octanol–water partition coefficient (Wildman–Crippen LogP) is -1.68. The van der Waals surface area contributed by atoms with E-state index in [1.165, 1.54) is 16.9 Å². The van der Waals surface area contributed by atoms with Crippen molar-refractivity contribution in [2.45, 2.75) is 44.2 Å². The number of carbonyl (C=O) groups is 5. The largest absolute Gasteiger partial charge is 0.481 e. The van der Waals surface area contributed by atoms with E-state index < -0.39 is 24.0 Å². The minimum absolute atomic E-state index is 0.0124. The topological polar surface area (TPSA) is 145 Å². The number of ether oxygens (including phenoxy) is 1. The number of nitrogens with one attached hydrogen (secondary N) is 2. The summed E-state index contributed by atoms with van der Waals surface area (Å²) < 4.78 is 4.88. The van der Waals surface area contributed by atoms with Crippen LogP contribution in [0.4, 0.5) is 0 Å². The monoisotopic (exact) mass is 412 g/mol. The molecule has 0 aromatic heterocycles. The Bertz CT molecular complexity index is 654. The number of amides is 4. The number of carbonyl (C=O) groups excluding carboxylic acids is 4. The van der Waals surface area contributed by atoms with Crippen LogP contribution in [-0.2, 0) is 28.7 Å². The van der Waals surface area contributed by atoms with E-state index in [0.717, 1.165) is 6.42 Å². The van der Waals surface area contributed by atoms with Crippen molar-refractivity contribution in [3.63, 3.8) is 0 Å². The lowest BCUT2D eigenvalue weighted by atomic mass is 10.0. The minimum Gasteiger partial charge on any atom is -0.481 e. The molecule has 0 aromatic rings. The molecule has 2 heterocycles. The van der Waals surface area contributed by atoms with E-state index >= 15 is 0 Å². The van der Waals surface area contributed by atoms with Crippen LogP contribution in [0.2, 0.25) is 0 Å². The second kappa shape index (κ2) is 10.7. The molecule has 2 atom stereocenters. The Morgan fingerprint density at radius 1 is 1.21 bits per heavy atom. The third-order valence-corrected chi connectivity index (χ3v) is 5.01. The van der Waals surface area contributed by atoms with Gasteiger partial charge in [-0.3, -0.25) is 24.0 Å². The summed E-state index contributed by atoms with van der Waals surface area (Å²) in [7, 11) is 1.38. The number of piperidine rings is 1. The molecule has 11 nitrogen and oxygen atoms in total. The van der Waals surface area contributed by atoms with Crippen molar-refractivity contribution < 1.29 is 33.8 Å². The molecular formula is C18H28N4O7. The van der Waals surface area contributed by atoms with E-state index in [2.05, 4.69) is 10.6 Å². The standard InChI is InChI=1S/C18H28N4O7/c1-29-11-15(24)22-9-8-21(14(23)5-2-6-16(25)26)10-13(22)18(28)20-12-4-3-7-19-17(12)27/h12-13H,2-11H2,1H3,(H,19,27)(H,20,28)(H,25,26). The van der Waals surface area contributed by atoms with Gasteiger partial charge >= 0.3 is 5.97 Å². The maximum Gasteiger partial charge on any atom is 0.303 e. The molecule has 29 heavy (non-hydrogen) atoms. The molecule has 0 aromatic carbocycles. The zero-order valence-corrected chi connectivity index (χ0v) is 16.5. The molecule has 0 saturated carbocycles. The lowest BCUT2D eigenvalue weighted by molar-refractivity contribution is -0.151. The summed E-state index contributed by atoms with van der Waals surface area (Å²) >= 11 is 0. The van der Waals surface area contributed by atoms with Gasteiger partial charge in [-0.05, 0) is 19.3 Å². The van der Waals surface area contributed by atoms with Crippen LogP contribution < -0.4 is 10.6 Å². The third kappa shape index (κ3) is 6.41. The summed E-state index contributed by atoms with van der Waals surface area (Å²) in [5.74, 6) is -2.39. The average Bonchev–Trinajstić information content (AvgIpc) is 2.69. The van der Waals surface area contributed by atoms with Crippen molar-refractivity contribution >= 4 is 29.6 Å². The van der Waals surface area contributed by atoms with Crippen LogP contribution in [0.5, 0.6) is 0 Å². The molecule has 11 heteroatoms. The van der Waals surface area contributed by atoms with Gasteiger partial charge in [0.1, 0.15) is 18.7 Å². The van der Waals surface area contributed by atoms with Crippen LogP contribution >= 0.6 is 0 Å². The van der Waals surface area contributed by atoms with E-state index in [1.54, 1.807) is 0 Å². The van der Waals surface area contributed by atoms with Crippen LogP contribution in [0.15, 0.2) is 0 Å². The first-order chi connectivity index (χ1) is 13.8. The number of nitrogens with zero attached hydrogens (tertiary/aromatic N) is 2. The highest BCUT2D eigenvalue weighted by Gasteiger charge is 2.38. The number of methoxy groups -OCH3 is 1. The van der Waals surface area contributed by atoms with Crippen LogP contribution in [0.25, 0.3) is 0 Å². The number of rotatable bonds is 8. The van der Waals surface area contributed by atoms with Crippen LogP contribution in [0.1, 0.15) is 32.1 Å². The first kappa shape index (κ1) is 22.6. The van der Waals surface area contributed by atoms with Crippen molar-refractivity contribution in [1.29, 1.82) is 0 Å². The molecule has 0 bridgehead atoms. The Balaban J connectivity index is 2.05. The molecule has 162 valence electrons. The van der Waals surface area contributed by atoms with Gasteiger partial charge in [0.05, 0.1) is 6.54 Å². The van der Waals surface area contributed by atoms with Gasteiger partial charge in [-0.25, -0.2) is 0 Å². The van der Waals surface area contributed by atoms with Gasteiger partial charge in [0.25, 0.3) is 0 Å². The highest BCUT2D eigenvalue weighted by Crippen LogP contribution is 2.14. The summed E-state index contributed by atoms with van der Waals surface area (Å²) in [5.41, 5.74) is 0. The molecule has 2 saturated heterocycles. The molecule has 2 rings (SSSR count). The van der Waals surface area contributed by atoms with Gasteiger partial charge in [0.15, 0.2) is 0 Å². The van der Waals surface area contributed by atoms with Crippen LogP contribution in [0, 0.1) is 0 Å². The highest BCUT2D eigenvalue weighted by atomic mass is 16.5. The van der Waals surface area contributed by atoms with Gasteiger partial charge in [-0.2, -0.15) is 0 Å². The molecule has 0 radical (unpaired) electrons. The highest BCUT2D eigenvalue weighted by molar-refractivity contribution is 5.93. The van der Waals surface area contributed by atoms with Crippen molar-refractivity contribution in [2.75, 3.05) is 39.9 Å². The number of carboxylic acids is 1. The fourth-order valence-corrected chi connectivity index (χ4v) is 3.47. The lowest BCUT2D eigenvalue weighted by Gasteiger charge is -2.41. The molecule has 3 N–H and O–H groups in total. The summed E-state index contributed by atoms with van der Waals surface area (Å²) in [6.07, 6.45) is 1.39. The summed E-state index contributed by atoms with van der Waals surface area (Å²) in [6, 6.07) is -1.61. The number of hydrogen-bond donors (Lipinski definition) is 3. The summed E-state index contributed by atoms with van der Waals surface area (Å²) in [5, 5.41) is 14.1. The second-order valence-electron chi connectivity index (χ2n) is 7.12. The zero-order valence-electron chi connectivity index (χ0n) is 16.5. The Hall–Kier alpha value is -2.69. The van der Waals surface area contributed by atoms with E-state index in [-0.39, 0.29) is 63.2 Å². The zero-order chi connectivity index (χ0) is 21.4. The van der Waals surface area contributed by atoms with Crippen LogP contribution in [-0.4, -0.2) is 96.5 Å². The Kier molecular flexibility index (Phi) is 8.37. The third-order valence-electron chi connectivity index (χ3n) is 5.01. The number of carboxylic acid groups (broad SMARTS) is 1. The molecule has 0 spiro atoms. The molecule has 2 unspecified atom stereocenters. The molecule has 0 aliphatic carbocycles. The minimum atomic E-state index is -0.976. The summed E-state index contributed by atoms with van der Waals surface area (Å²) in [4.78, 5) is 63.0. The lowest BCUT2D eigenvalue weighted by Crippen LogP contribution is -2.64. The van der Waals surface area contributed by atoms with E-state index in [9.17, 15) is 24.0 Å². The number of aliphatic carboxylic acids is 1. The number of piperazine rings is 1. The normalized spacial score (nSPS) is 22.0.